The van der Waals surface area contributed by atoms with Gasteiger partial charge in [0, 0.05) is 0 Å². The van der Waals surface area contributed by atoms with Crippen molar-refractivity contribution in [3.8, 4) is 0 Å². The molecule has 8 heavy (non-hydrogen) atoms. The fourth-order valence-corrected chi connectivity index (χ4v) is 0. The first-order valence-electron chi connectivity index (χ1n) is 0.783. The minimum atomic E-state index is -4.64. The number of phosphoric acid groups is 1. The van der Waals surface area contributed by atoms with E-state index in [1.807, 2.05) is 0 Å². The van der Waals surface area contributed by atoms with Crippen LogP contribution >= 0.6 is 7.82 Å². The minimum Gasteiger partial charge on any atom is -1.00 e. The summed E-state index contributed by atoms with van der Waals surface area (Å²) in [6.07, 6.45) is 0. The minimum absolute atomic E-state index is 0. The Bertz CT molecular complexity index is 65.8. The van der Waals surface area contributed by atoms with Crippen LogP contribution in [0.2, 0.25) is 0 Å². The summed E-state index contributed by atoms with van der Waals surface area (Å²) in [7, 11) is -4.64. The van der Waals surface area contributed by atoms with Crippen LogP contribution in [0.3, 0.4) is 0 Å². The first-order chi connectivity index (χ1) is 2.00. The maximum atomic E-state index is 8.88. The van der Waals surface area contributed by atoms with Crippen LogP contribution in [0.25, 0.3) is 0 Å². The van der Waals surface area contributed by atoms with E-state index in [-0.39, 0.29) is 63.4 Å². The van der Waals surface area contributed by atoms with Gasteiger partial charge in [0.05, 0.1) is 0 Å². The molecule has 5 N–H and O–H groups in total. The second-order valence-electron chi connectivity index (χ2n) is 0.513. The fourth-order valence-electron chi connectivity index (χ4n) is 0. The quantitative estimate of drug-likeness (QED) is 0.276. The first-order valence-corrected chi connectivity index (χ1v) is 2.35. The van der Waals surface area contributed by atoms with E-state index in [1.165, 1.54) is 0 Å². The first kappa shape index (κ1) is 22.5. The van der Waals surface area contributed by atoms with E-state index in [4.69, 9.17) is 19.2 Å². The maximum absolute atomic E-state index is 8.88. The Hall–Kier alpha value is 1.86. The molecule has 8 heteroatoms. The van der Waals surface area contributed by atoms with Gasteiger partial charge in [-0.1, -0.05) is 0 Å². The van der Waals surface area contributed by atoms with Crippen molar-refractivity contribution in [3.63, 3.8) is 0 Å². The number of hydrogen-bond acceptors (Lipinski definition) is 1. The van der Waals surface area contributed by atoms with Gasteiger partial charge in [-0.05, 0) is 0 Å². The summed E-state index contributed by atoms with van der Waals surface area (Å²) in [4.78, 5) is 21.6. The molecule has 0 unspecified atom stereocenters. The molecular formula is H10AlCaO5P. The summed E-state index contributed by atoms with van der Waals surface area (Å²) < 4.78 is 8.88. The Labute approximate surface area is 89.7 Å². The summed E-state index contributed by atoms with van der Waals surface area (Å²) in [5.74, 6) is 0. The molecule has 0 aromatic rings. The van der Waals surface area contributed by atoms with Gasteiger partial charge in [-0.25, -0.2) is 4.57 Å². The number of rotatable bonds is 0. The van der Waals surface area contributed by atoms with Crippen LogP contribution in [-0.4, -0.2) is 75.3 Å². The van der Waals surface area contributed by atoms with Crippen molar-refractivity contribution in [2.45, 2.75) is 0 Å². The standard InChI is InChI=1S/Al.Ca.H3O4P.H2O.5H/c;;1-5(2,3)4;;;;;;/h;;(H3,1,2,3,4);1H2;;;;;/q;+2;;;;;;2*-1. The summed E-state index contributed by atoms with van der Waals surface area (Å²) in [6.45, 7) is 0. The molecule has 0 aliphatic carbocycles. The van der Waals surface area contributed by atoms with Gasteiger partial charge in [0.15, 0.2) is 17.4 Å². The molecule has 0 atom stereocenters. The van der Waals surface area contributed by atoms with E-state index in [2.05, 4.69) is 0 Å². The molecule has 0 spiro atoms. The topological polar surface area (TPSA) is 109 Å². The summed E-state index contributed by atoms with van der Waals surface area (Å²) in [5.41, 5.74) is 0. The van der Waals surface area contributed by atoms with Crippen molar-refractivity contribution in [1.82, 2.24) is 0 Å². The molecule has 50 valence electrons. The SMILES string of the molecule is O.O=P(O)(O)O.[AlH3].[Ca+2].[H-].[H-]. The second-order valence-corrected chi connectivity index (χ2v) is 1.54. The van der Waals surface area contributed by atoms with Crippen LogP contribution in [0.4, 0.5) is 0 Å². The van der Waals surface area contributed by atoms with Crippen LogP contribution in [0.15, 0.2) is 0 Å². The monoisotopic (exact) mass is 188 g/mol. The maximum Gasteiger partial charge on any atom is 2.00 e. The van der Waals surface area contributed by atoms with Crippen molar-refractivity contribution < 1.29 is 27.6 Å². The van der Waals surface area contributed by atoms with E-state index in [0.717, 1.165) is 0 Å². The van der Waals surface area contributed by atoms with Gasteiger partial charge < -0.3 is 23.0 Å². The van der Waals surface area contributed by atoms with Crippen molar-refractivity contribution in [2.75, 3.05) is 0 Å². The average Bonchev–Trinajstić information content (AvgIpc) is 0.722. The molecule has 0 amide bonds. The van der Waals surface area contributed by atoms with Gasteiger partial charge in [-0.2, -0.15) is 0 Å². The van der Waals surface area contributed by atoms with E-state index in [9.17, 15) is 0 Å². The Morgan fingerprint density at radius 2 is 1.25 bits per heavy atom. The number of hydrogen-bond donors (Lipinski definition) is 3. The van der Waals surface area contributed by atoms with Crippen molar-refractivity contribution in [2.24, 2.45) is 0 Å². The van der Waals surface area contributed by atoms with Gasteiger partial charge in [-0.15, -0.1) is 0 Å². The Morgan fingerprint density at radius 1 is 1.25 bits per heavy atom. The third-order valence-corrected chi connectivity index (χ3v) is 0. The predicted molar refractivity (Wildman–Crippen MR) is 35.8 cm³/mol. The van der Waals surface area contributed by atoms with Crippen molar-refractivity contribution in [1.29, 1.82) is 0 Å². The normalized spacial score (nSPS) is 7.38. The largest absolute Gasteiger partial charge is 2.00 e. The van der Waals surface area contributed by atoms with Crippen LogP contribution in [0, 0.1) is 0 Å². The molecule has 0 heterocycles. The van der Waals surface area contributed by atoms with E-state index in [0.29, 0.717) is 0 Å². The zero-order valence-corrected chi connectivity index (χ0v) is 6.51. The second kappa shape index (κ2) is 8.86. The molecule has 0 aliphatic rings. The summed E-state index contributed by atoms with van der Waals surface area (Å²) >= 11 is 0. The van der Waals surface area contributed by atoms with Gasteiger partial charge >= 0.3 is 45.6 Å². The molecule has 0 bridgehead atoms. The van der Waals surface area contributed by atoms with E-state index < -0.39 is 7.82 Å². The van der Waals surface area contributed by atoms with Crippen LogP contribution in [-0.2, 0) is 4.57 Å². The van der Waals surface area contributed by atoms with Gasteiger partial charge in [-0.3, -0.25) is 0 Å². The smallest absolute Gasteiger partial charge is 1.00 e. The third kappa shape index (κ3) is 107. The van der Waals surface area contributed by atoms with Crippen LogP contribution in [0.1, 0.15) is 2.85 Å². The molecule has 0 aromatic carbocycles. The average molecular weight is 188 g/mol. The van der Waals surface area contributed by atoms with Crippen LogP contribution in [0.5, 0.6) is 0 Å². The van der Waals surface area contributed by atoms with Crippen molar-refractivity contribution >= 4 is 62.9 Å². The predicted octanol–water partition coefficient (Wildman–Crippen LogP) is -3.09. The van der Waals surface area contributed by atoms with Gasteiger partial charge in [0.25, 0.3) is 0 Å². The Morgan fingerprint density at radius 3 is 1.25 bits per heavy atom. The molecule has 0 fully saturated rings. The molecule has 0 rings (SSSR count). The summed E-state index contributed by atoms with van der Waals surface area (Å²) in [6, 6.07) is 0. The molecular weight excluding hydrogens is 178 g/mol. The molecule has 5 nitrogen and oxygen atoms in total. The molecule has 0 radical (unpaired) electrons. The van der Waals surface area contributed by atoms with Gasteiger partial charge in [0.1, 0.15) is 0 Å². The van der Waals surface area contributed by atoms with E-state index in [1.54, 1.807) is 0 Å². The molecule has 0 saturated heterocycles. The van der Waals surface area contributed by atoms with Crippen molar-refractivity contribution in [3.05, 3.63) is 0 Å². The Kier molecular flexibility index (Phi) is 25.0. The fraction of sp³-hybridized carbons (Fsp3) is 0. The van der Waals surface area contributed by atoms with Gasteiger partial charge in [0.2, 0.25) is 0 Å². The Balaban J connectivity index is -0.00000000800. The zero-order chi connectivity index (χ0) is 4.50. The summed E-state index contributed by atoms with van der Waals surface area (Å²) in [5, 5.41) is 0. The molecule has 0 aliphatic heterocycles. The molecule has 0 aromatic heterocycles. The van der Waals surface area contributed by atoms with E-state index >= 15 is 0 Å². The van der Waals surface area contributed by atoms with Crippen LogP contribution < -0.4 is 0 Å². The third-order valence-electron chi connectivity index (χ3n) is 0. The zero-order valence-electron chi connectivity index (χ0n) is 5.40. The molecule has 0 saturated carbocycles.